The van der Waals surface area contributed by atoms with E-state index in [0.717, 1.165) is 6.42 Å². The van der Waals surface area contributed by atoms with Crippen molar-refractivity contribution in [1.82, 2.24) is 4.31 Å². The van der Waals surface area contributed by atoms with E-state index in [0.29, 0.717) is 12.1 Å². The van der Waals surface area contributed by atoms with Gasteiger partial charge in [0.15, 0.2) is 5.78 Å². The van der Waals surface area contributed by atoms with Gasteiger partial charge in [-0.15, -0.1) is 0 Å². The summed E-state index contributed by atoms with van der Waals surface area (Å²) in [6.45, 7) is 3.62. The quantitative estimate of drug-likeness (QED) is 0.850. The molecular weight excluding hydrogens is 278 g/mol. The first-order chi connectivity index (χ1) is 9.37. The standard InChI is InChI=1S/C14H19NO4S/c1-10-7-8-15(14(10)9-16)20(18,19)13-5-3-12(4-6-13)11(2)17/h3-6,10,14,16H,7-9H2,1-2H3. The molecule has 110 valence electrons. The average molecular weight is 297 g/mol. The monoisotopic (exact) mass is 297 g/mol. The fourth-order valence-electron chi connectivity index (χ4n) is 2.54. The van der Waals surface area contributed by atoms with E-state index < -0.39 is 10.0 Å². The molecule has 0 saturated carbocycles. The molecule has 2 unspecified atom stereocenters. The molecule has 1 aromatic carbocycles. The van der Waals surface area contributed by atoms with E-state index in [1.807, 2.05) is 6.92 Å². The topological polar surface area (TPSA) is 74.7 Å². The number of hydrogen-bond acceptors (Lipinski definition) is 4. The smallest absolute Gasteiger partial charge is 0.243 e. The fourth-order valence-corrected chi connectivity index (χ4v) is 4.27. The lowest BCUT2D eigenvalue weighted by Gasteiger charge is -2.24. The minimum Gasteiger partial charge on any atom is -0.395 e. The lowest BCUT2D eigenvalue weighted by molar-refractivity contribution is 0.101. The van der Waals surface area contributed by atoms with Crippen LogP contribution in [0, 0.1) is 5.92 Å². The molecule has 1 aromatic rings. The van der Waals surface area contributed by atoms with Crippen LogP contribution in [0.15, 0.2) is 29.2 Å². The molecule has 5 nitrogen and oxygen atoms in total. The SMILES string of the molecule is CC(=O)c1ccc(S(=O)(=O)N2CCC(C)C2CO)cc1. The van der Waals surface area contributed by atoms with Crippen LogP contribution >= 0.6 is 0 Å². The molecule has 1 N–H and O–H groups in total. The van der Waals surface area contributed by atoms with Crippen molar-refractivity contribution in [2.24, 2.45) is 5.92 Å². The number of hydrogen-bond donors (Lipinski definition) is 1. The summed E-state index contributed by atoms with van der Waals surface area (Å²) in [5, 5.41) is 9.38. The summed E-state index contributed by atoms with van der Waals surface area (Å²) in [7, 11) is -3.61. The summed E-state index contributed by atoms with van der Waals surface area (Å²) in [5.41, 5.74) is 0.484. The number of aliphatic hydroxyl groups excluding tert-OH is 1. The number of nitrogens with zero attached hydrogens (tertiary/aromatic N) is 1. The summed E-state index contributed by atoms with van der Waals surface area (Å²) in [4.78, 5) is 11.4. The predicted molar refractivity (Wildman–Crippen MR) is 75.0 cm³/mol. The van der Waals surface area contributed by atoms with Crippen molar-refractivity contribution in [2.75, 3.05) is 13.2 Å². The van der Waals surface area contributed by atoms with E-state index in [9.17, 15) is 18.3 Å². The van der Waals surface area contributed by atoms with E-state index in [1.165, 1.54) is 35.5 Å². The van der Waals surface area contributed by atoms with Crippen LogP contribution in [-0.2, 0) is 10.0 Å². The van der Waals surface area contributed by atoms with Gasteiger partial charge in [0.1, 0.15) is 0 Å². The number of benzene rings is 1. The van der Waals surface area contributed by atoms with Crippen LogP contribution in [-0.4, -0.2) is 42.8 Å². The van der Waals surface area contributed by atoms with Crippen LogP contribution in [0.2, 0.25) is 0 Å². The zero-order valence-corrected chi connectivity index (χ0v) is 12.4. The third-order valence-electron chi connectivity index (χ3n) is 3.89. The Kier molecular flexibility index (Phi) is 4.27. The Balaban J connectivity index is 2.33. The molecular formula is C14H19NO4S. The number of rotatable bonds is 4. The van der Waals surface area contributed by atoms with Gasteiger partial charge in [0, 0.05) is 12.1 Å². The van der Waals surface area contributed by atoms with Gasteiger partial charge in [-0.05, 0) is 31.4 Å². The third-order valence-corrected chi connectivity index (χ3v) is 5.82. The molecule has 1 aliphatic heterocycles. The average Bonchev–Trinajstić information content (AvgIpc) is 2.80. The van der Waals surface area contributed by atoms with Gasteiger partial charge in [0.05, 0.1) is 17.5 Å². The largest absolute Gasteiger partial charge is 0.395 e. The maximum Gasteiger partial charge on any atom is 0.243 e. The highest BCUT2D eigenvalue weighted by atomic mass is 32.2. The molecule has 6 heteroatoms. The highest BCUT2D eigenvalue weighted by Gasteiger charge is 2.39. The van der Waals surface area contributed by atoms with Crippen LogP contribution < -0.4 is 0 Å². The van der Waals surface area contributed by atoms with Crippen molar-refractivity contribution in [3.05, 3.63) is 29.8 Å². The first-order valence-electron chi connectivity index (χ1n) is 6.61. The normalized spacial score (nSPS) is 23.9. The zero-order valence-electron chi connectivity index (χ0n) is 11.6. The summed E-state index contributed by atoms with van der Waals surface area (Å²) in [6, 6.07) is 5.56. The third kappa shape index (κ3) is 2.63. The zero-order chi connectivity index (χ0) is 14.9. The minimum atomic E-state index is -3.61. The highest BCUT2D eigenvalue weighted by Crippen LogP contribution is 2.29. The molecule has 0 aliphatic carbocycles. The van der Waals surface area contributed by atoms with Gasteiger partial charge in [-0.25, -0.2) is 8.42 Å². The van der Waals surface area contributed by atoms with Crippen LogP contribution in [0.5, 0.6) is 0 Å². The number of Topliss-reactive ketones (excluding diaryl/α,β-unsaturated/α-hetero) is 1. The summed E-state index contributed by atoms with van der Waals surface area (Å²) in [5.74, 6) is 0.0447. The Hall–Kier alpha value is -1.24. The van der Waals surface area contributed by atoms with Gasteiger partial charge in [-0.2, -0.15) is 4.31 Å². The second-order valence-corrected chi connectivity index (χ2v) is 7.10. The number of carbonyl (C=O) groups excluding carboxylic acids is 1. The summed E-state index contributed by atoms with van der Waals surface area (Å²) < 4.78 is 26.5. The van der Waals surface area contributed by atoms with Crippen LogP contribution in [0.25, 0.3) is 0 Å². The Labute approximate surface area is 119 Å². The van der Waals surface area contributed by atoms with Crippen molar-refractivity contribution in [3.63, 3.8) is 0 Å². The molecule has 0 bridgehead atoms. The van der Waals surface area contributed by atoms with Crippen molar-refractivity contribution in [3.8, 4) is 0 Å². The van der Waals surface area contributed by atoms with Gasteiger partial charge >= 0.3 is 0 Å². The Bertz CT molecular complexity index is 594. The maximum atomic E-state index is 12.6. The van der Waals surface area contributed by atoms with E-state index in [4.69, 9.17) is 0 Å². The molecule has 2 rings (SSSR count). The Morgan fingerprint density at radius 2 is 1.95 bits per heavy atom. The number of sulfonamides is 1. The number of ketones is 1. The van der Waals surface area contributed by atoms with E-state index in [2.05, 4.69) is 0 Å². The first-order valence-corrected chi connectivity index (χ1v) is 8.05. The van der Waals surface area contributed by atoms with Gasteiger partial charge in [0.2, 0.25) is 10.0 Å². The molecule has 1 heterocycles. The van der Waals surface area contributed by atoms with Crippen molar-refractivity contribution >= 4 is 15.8 Å². The molecule has 1 aliphatic rings. The van der Waals surface area contributed by atoms with E-state index in [1.54, 1.807) is 0 Å². The fraction of sp³-hybridized carbons (Fsp3) is 0.500. The molecule has 0 spiro atoms. The van der Waals surface area contributed by atoms with Crippen molar-refractivity contribution < 1.29 is 18.3 Å². The van der Waals surface area contributed by atoms with Gasteiger partial charge in [-0.3, -0.25) is 4.79 Å². The van der Waals surface area contributed by atoms with Crippen LogP contribution in [0.1, 0.15) is 30.6 Å². The summed E-state index contributed by atoms with van der Waals surface area (Å²) in [6.07, 6.45) is 0.746. The van der Waals surface area contributed by atoms with Crippen LogP contribution in [0.3, 0.4) is 0 Å². The molecule has 20 heavy (non-hydrogen) atoms. The first kappa shape index (κ1) is 15.2. The highest BCUT2D eigenvalue weighted by molar-refractivity contribution is 7.89. The lowest BCUT2D eigenvalue weighted by Crippen LogP contribution is -2.39. The molecule has 0 amide bonds. The van der Waals surface area contributed by atoms with E-state index >= 15 is 0 Å². The second kappa shape index (κ2) is 5.63. The van der Waals surface area contributed by atoms with Crippen molar-refractivity contribution in [2.45, 2.75) is 31.2 Å². The molecule has 0 aromatic heterocycles. The van der Waals surface area contributed by atoms with Gasteiger partial charge in [0.25, 0.3) is 0 Å². The van der Waals surface area contributed by atoms with Crippen molar-refractivity contribution in [1.29, 1.82) is 0 Å². The molecule has 2 atom stereocenters. The second-order valence-electron chi connectivity index (χ2n) is 5.21. The maximum absolute atomic E-state index is 12.6. The van der Waals surface area contributed by atoms with Gasteiger partial charge in [-0.1, -0.05) is 19.1 Å². The summed E-state index contributed by atoms with van der Waals surface area (Å²) >= 11 is 0. The Morgan fingerprint density at radius 3 is 2.45 bits per heavy atom. The number of aliphatic hydroxyl groups is 1. The van der Waals surface area contributed by atoms with Crippen LogP contribution in [0.4, 0.5) is 0 Å². The molecule has 0 radical (unpaired) electrons. The molecule has 1 fully saturated rings. The molecule has 1 saturated heterocycles. The van der Waals surface area contributed by atoms with Gasteiger partial charge < -0.3 is 5.11 Å². The predicted octanol–water partition coefficient (Wildman–Crippen LogP) is 1.28. The number of carbonyl (C=O) groups is 1. The van der Waals surface area contributed by atoms with E-state index in [-0.39, 0.29) is 29.2 Å². The lowest BCUT2D eigenvalue weighted by atomic mass is 10.0. The Morgan fingerprint density at radius 1 is 1.35 bits per heavy atom. The minimum absolute atomic E-state index is 0.100.